The van der Waals surface area contributed by atoms with Crippen LogP contribution in [0.15, 0.2) is 9.68 Å². The molecule has 1 fully saturated rings. The molecule has 0 amide bonds. The van der Waals surface area contributed by atoms with Gasteiger partial charge in [0.05, 0.1) is 5.25 Å². The molecule has 0 bridgehead atoms. The van der Waals surface area contributed by atoms with E-state index in [1.54, 1.807) is 0 Å². The average Bonchev–Trinajstić information content (AvgIpc) is 3.07. The van der Waals surface area contributed by atoms with E-state index in [0.29, 0.717) is 17.6 Å². The van der Waals surface area contributed by atoms with Crippen LogP contribution < -0.4 is 0 Å². The number of rotatable bonds is 4. The van der Waals surface area contributed by atoms with Crippen molar-refractivity contribution < 1.29 is 4.52 Å². The van der Waals surface area contributed by atoms with E-state index in [0.717, 1.165) is 11.0 Å². The van der Waals surface area contributed by atoms with Crippen molar-refractivity contribution in [3.8, 4) is 0 Å². The highest BCUT2D eigenvalue weighted by atomic mass is 32.2. The molecule has 1 aliphatic rings. The Morgan fingerprint density at radius 3 is 2.79 bits per heavy atom. The second kappa shape index (κ2) is 5.32. The number of thioether (sulfide) groups is 1. The normalized spacial score (nSPS) is 18.0. The van der Waals surface area contributed by atoms with Gasteiger partial charge in [-0.05, 0) is 26.7 Å². The summed E-state index contributed by atoms with van der Waals surface area (Å²) in [4.78, 5) is 8.80. The van der Waals surface area contributed by atoms with Crippen molar-refractivity contribution in [2.24, 2.45) is 0 Å². The third kappa shape index (κ3) is 2.80. The summed E-state index contributed by atoms with van der Waals surface area (Å²) in [5.74, 6) is 2.86. The molecule has 0 aliphatic heterocycles. The predicted octanol–water partition coefficient (Wildman–Crippen LogP) is 3.01. The second-order valence-corrected chi connectivity index (χ2v) is 6.23. The van der Waals surface area contributed by atoms with Crippen molar-refractivity contribution in [2.45, 2.75) is 55.9 Å². The molecule has 0 spiro atoms. The van der Waals surface area contributed by atoms with E-state index in [1.165, 1.54) is 37.4 Å². The minimum absolute atomic E-state index is 0.0634. The molecule has 0 saturated heterocycles. The van der Waals surface area contributed by atoms with Gasteiger partial charge in [0.1, 0.15) is 5.82 Å². The zero-order chi connectivity index (χ0) is 13.2. The summed E-state index contributed by atoms with van der Waals surface area (Å²) < 4.78 is 5.16. The molecule has 102 valence electrons. The highest BCUT2D eigenvalue weighted by molar-refractivity contribution is 7.99. The molecule has 0 aromatic carbocycles. The first-order valence-corrected chi connectivity index (χ1v) is 7.49. The fraction of sp³-hybridized carbons (Fsp3) is 0.667. The van der Waals surface area contributed by atoms with Crippen molar-refractivity contribution in [1.82, 2.24) is 25.3 Å². The molecule has 1 aliphatic carbocycles. The van der Waals surface area contributed by atoms with Crippen molar-refractivity contribution in [1.29, 1.82) is 0 Å². The van der Waals surface area contributed by atoms with E-state index in [9.17, 15) is 0 Å². The lowest BCUT2D eigenvalue weighted by Gasteiger charge is -2.03. The standard InChI is InChI=1S/C12H17N5OS/c1-7(11-13-8(2)17-18-11)19-12-14-10(15-16-12)9-5-3-4-6-9/h7,9H,3-6H2,1-2H3,(H,14,15,16)/t7-/m0/s1. The lowest BCUT2D eigenvalue weighted by Crippen LogP contribution is -1.94. The summed E-state index contributed by atoms with van der Waals surface area (Å²) in [6.45, 7) is 3.83. The van der Waals surface area contributed by atoms with E-state index < -0.39 is 0 Å². The van der Waals surface area contributed by atoms with Crippen LogP contribution in [-0.4, -0.2) is 25.3 Å². The number of aromatic amines is 1. The molecule has 6 nitrogen and oxygen atoms in total. The van der Waals surface area contributed by atoms with Crippen LogP contribution in [0.25, 0.3) is 0 Å². The van der Waals surface area contributed by atoms with Crippen LogP contribution in [0.5, 0.6) is 0 Å². The molecule has 7 heteroatoms. The fourth-order valence-corrected chi connectivity index (χ4v) is 3.14. The van der Waals surface area contributed by atoms with Gasteiger partial charge in [-0.1, -0.05) is 29.8 Å². The molecule has 1 N–H and O–H groups in total. The smallest absolute Gasteiger partial charge is 0.239 e. The van der Waals surface area contributed by atoms with Crippen LogP contribution in [0.4, 0.5) is 0 Å². The van der Waals surface area contributed by atoms with Gasteiger partial charge in [0.2, 0.25) is 11.0 Å². The monoisotopic (exact) mass is 279 g/mol. The Labute approximate surface area is 115 Å². The summed E-state index contributed by atoms with van der Waals surface area (Å²) in [6.07, 6.45) is 5.03. The highest BCUT2D eigenvalue weighted by Gasteiger charge is 2.22. The van der Waals surface area contributed by atoms with E-state index in [2.05, 4.69) is 25.3 Å². The fourth-order valence-electron chi connectivity index (χ4n) is 2.38. The largest absolute Gasteiger partial charge is 0.338 e. The molecule has 0 radical (unpaired) electrons. The second-order valence-electron chi connectivity index (χ2n) is 4.92. The van der Waals surface area contributed by atoms with Crippen LogP contribution in [0.1, 0.15) is 61.3 Å². The zero-order valence-electron chi connectivity index (χ0n) is 11.1. The molecule has 19 heavy (non-hydrogen) atoms. The summed E-state index contributed by atoms with van der Waals surface area (Å²) in [7, 11) is 0. The first-order chi connectivity index (χ1) is 9.22. The van der Waals surface area contributed by atoms with E-state index >= 15 is 0 Å². The maximum Gasteiger partial charge on any atom is 0.239 e. The molecule has 2 aromatic rings. The van der Waals surface area contributed by atoms with Crippen molar-refractivity contribution in [2.75, 3.05) is 0 Å². The van der Waals surface area contributed by atoms with Gasteiger partial charge in [0, 0.05) is 5.92 Å². The van der Waals surface area contributed by atoms with Crippen LogP contribution in [0, 0.1) is 6.92 Å². The van der Waals surface area contributed by atoms with Crippen LogP contribution in [0.3, 0.4) is 0 Å². The lowest BCUT2D eigenvalue weighted by molar-refractivity contribution is 0.376. The van der Waals surface area contributed by atoms with Gasteiger partial charge in [0.15, 0.2) is 5.82 Å². The third-order valence-corrected chi connectivity index (χ3v) is 4.35. The van der Waals surface area contributed by atoms with Crippen molar-refractivity contribution in [3.63, 3.8) is 0 Å². The van der Waals surface area contributed by atoms with Gasteiger partial charge < -0.3 is 4.52 Å². The maximum atomic E-state index is 5.16. The summed E-state index contributed by atoms with van der Waals surface area (Å²) in [6, 6.07) is 0. The van der Waals surface area contributed by atoms with Crippen LogP contribution in [-0.2, 0) is 0 Å². The first kappa shape index (κ1) is 12.7. The molecular weight excluding hydrogens is 262 g/mol. The Morgan fingerprint density at radius 2 is 2.11 bits per heavy atom. The minimum atomic E-state index is 0.0634. The third-order valence-electron chi connectivity index (χ3n) is 3.40. The molecule has 2 aromatic heterocycles. The number of hydrogen-bond donors (Lipinski definition) is 1. The first-order valence-electron chi connectivity index (χ1n) is 6.61. The Kier molecular flexibility index (Phi) is 3.54. The van der Waals surface area contributed by atoms with Gasteiger partial charge in [-0.2, -0.15) is 4.98 Å². The zero-order valence-corrected chi connectivity index (χ0v) is 11.9. The molecule has 3 rings (SSSR count). The Hall–Kier alpha value is -1.37. The molecule has 1 atom stereocenters. The Morgan fingerprint density at radius 1 is 1.32 bits per heavy atom. The van der Waals surface area contributed by atoms with Gasteiger partial charge >= 0.3 is 0 Å². The quantitative estimate of drug-likeness (QED) is 0.866. The Bertz CT molecular complexity index is 546. The minimum Gasteiger partial charge on any atom is -0.338 e. The number of hydrogen-bond acceptors (Lipinski definition) is 6. The van der Waals surface area contributed by atoms with E-state index in [-0.39, 0.29) is 5.25 Å². The summed E-state index contributed by atoms with van der Waals surface area (Å²) in [5, 5.41) is 11.9. The predicted molar refractivity (Wildman–Crippen MR) is 70.9 cm³/mol. The highest BCUT2D eigenvalue weighted by Crippen LogP contribution is 2.35. The van der Waals surface area contributed by atoms with E-state index in [1.807, 2.05) is 13.8 Å². The maximum absolute atomic E-state index is 5.16. The topological polar surface area (TPSA) is 80.5 Å². The lowest BCUT2D eigenvalue weighted by atomic mass is 10.1. The molecule has 1 saturated carbocycles. The Balaban J connectivity index is 1.66. The number of nitrogens with zero attached hydrogens (tertiary/aromatic N) is 4. The van der Waals surface area contributed by atoms with Crippen LogP contribution >= 0.6 is 11.8 Å². The summed E-state index contributed by atoms with van der Waals surface area (Å²) >= 11 is 1.54. The van der Waals surface area contributed by atoms with Crippen LogP contribution in [0.2, 0.25) is 0 Å². The van der Waals surface area contributed by atoms with Gasteiger partial charge in [0.25, 0.3) is 0 Å². The number of H-pyrrole nitrogens is 1. The molecule has 0 unspecified atom stereocenters. The number of nitrogens with one attached hydrogen (secondary N) is 1. The van der Waals surface area contributed by atoms with E-state index in [4.69, 9.17) is 4.52 Å². The summed E-state index contributed by atoms with van der Waals surface area (Å²) in [5.41, 5.74) is 0. The average molecular weight is 279 g/mol. The van der Waals surface area contributed by atoms with Gasteiger partial charge in [-0.25, -0.2) is 4.98 Å². The SMILES string of the molecule is Cc1noc([C@H](C)Sc2n[nH]c(C3CCCC3)n2)n1. The van der Waals surface area contributed by atoms with Gasteiger partial charge in [-0.15, -0.1) is 5.10 Å². The van der Waals surface area contributed by atoms with Gasteiger partial charge in [-0.3, -0.25) is 5.10 Å². The molecular formula is C12H17N5OS. The number of aryl methyl sites for hydroxylation is 1. The number of aromatic nitrogens is 5. The molecule has 2 heterocycles. The van der Waals surface area contributed by atoms with Crippen molar-refractivity contribution in [3.05, 3.63) is 17.5 Å². The van der Waals surface area contributed by atoms with Crippen molar-refractivity contribution >= 4 is 11.8 Å².